The van der Waals surface area contributed by atoms with Gasteiger partial charge in [0.25, 0.3) is 5.91 Å². The van der Waals surface area contributed by atoms with E-state index in [0.29, 0.717) is 17.8 Å². The van der Waals surface area contributed by atoms with Gasteiger partial charge in [0.15, 0.2) is 0 Å². The summed E-state index contributed by atoms with van der Waals surface area (Å²) < 4.78 is 0.905. The van der Waals surface area contributed by atoms with E-state index in [0.717, 1.165) is 4.47 Å². The minimum atomic E-state index is -0.119. The molecule has 3 nitrogen and oxygen atoms in total. The predicted octanol–water partition coefficient (Wildman–Crippen LogP) is 2.15. The van der Waals surface area contributed by atoms with E-state index in [9.17, 15) is 4.79 Å². The number of rotatable bonds is 3. The van der Waals surface area contributed by atoms with Gasteiger partial charge in [-0.05, 0) is 22.0 Å². The fraction of sp³-hybridized carbons (Fsp3) is 0.250. The van der Waals surface area contributed by atoms with E-state index in [1.165, 1.54) is 11.3 Å². The predicted molar refractivity (Wildman–Crippen MR) is 54.6 cm³/mol. The number of carbonyl (C=O) groups excluding carboxylic acids is 1. The largest absolute Gasteiger partial charge is 0.350 e. The van der Waals surface area contributed by atoms with Gasteiger partial charge in [0.05, 0.1) is 17.4 Å². The van der Waals surface area contributed by atoms with Gasteiger partial charge in [0.1, 0.15) is 0 Å². The third-order valence-electron chi connectivity index (χ3n) is 1.31. The van der Waals surface area contributed by atoms with Crippen LogP contribution in [0.3, 0.4) is 0 Å². The van der Waals surface area contributed by atoms with Crippen LogP contribution in [0.25, 0.3) is 0 Å². The van der Waals surface area contributed by atoms with Crippen LogP contribution in [-0.2, 0) is 0 Å². The molecule has 1 aromatic rings. The van der Waals surface area contributed by atoms with Crippen molar-refractivity contribution in [3.8, 4) is 6.07 Å². The van der Waals surface area contributed by atoms with Gasteiger partial charge in [-0.25, -0.2) is 0 Å². The molecule has 0 aliphatic heterocycles. The van der Waals surface area contributed by atoms with E-state index in [4.69, 9.17) is 5.26 Å². The monoisotopic (exact) mass is 258 g/mol. The second-order valence-corrected chi connectivity index (χ2v) is 4.12. The van der Waals surface area contributed by atoms with Crippen LogP contribution in [0.4, 0.5) is 0 Å². The van der Waals surface area contributed by atoms with Crippen molar-refractivity contribution in [2.75, 3.05) is 6.54 Å². The Balaban J connectivity index is 2.45. The third kappa shape index (κ3) is 3.17. The first-order chi connectivity index (χ1) is 6.24. The van der Waals surface area contributed by atoms with Crippen molar-refractivity contribution < 1.29 is 4.79 Å². The number of nitrogens with one attached hydrogen (secondary N) is 1. The minimum Gasteiger partial charge on any atom is -0.350 e. The molecule has 0 unspecified atom stereocenters. The van der Waals surface area contributed by atoms with Crippen LogP contribution in [0.15, 0.2) is 15.9 Å². The van der Waals surface area contributed by atoms with Crippen molar-refractivity contribution in [3.63, 3.8) is 0 Å². The highest BCUT2D eigenvalue weighted by Gasteiger charge is 2.06. The number of amides is 1. The van der Waals surface area contributed by atoms with Gasteiger partial charge in [0.2, 0.25) is 0 Å². The molecule has 0 aromatic carbocycles. The summed E-state index contributed by atoms with van der Waals surface area (Å²) in [6, 6.07) is 3.72. The van der Waals surface area contributed by atoms with Gasteiger partial charge in [-0.15, -0.1) is 11.3 Å². The lowest BCUT2D eigenvalue weighted by atomic mass is 10.4. The molecule has 0 atom stereocenters. The van der Waals surface area contributed by atoms with E-state index in [1.807, 2.05) is 11.4 Å². The third-order valence-corrected chi connectivity index (χ3v) is 3.00. The van der Waals surface area contributed by atoms with Gasteiger partial charge in [-0.3, -0.25) is 4.79 Å². The molecule has 0 saturated heterocycles. The fourth-order valence-electron chi connectivity index (χ4n) is 0.751. The molecule has 1 heterocycles. The Labute approximate surface area is 88.5 Å². The fourth-order valence-corrected chi connectivity index (χ4v) is 2.09. The van der Waals surface area contributed by atoms with Crippen molar-refractivity contribution in [2.24, 2.45) is 0 Å². The SMILES string of the molecule is N#CCCNC(=O)c1cc(Br)cs1. The average Bonchev–Trinajstić information content (AvgIpc) is 2.52. The number of nitriles is 1. The van der Waals surface area contributed by atoms with Gasteiger partial charge < -0.3 is 5.32 Å². The van der Waals surface area contributed by atoms with E-state index in [1.54, 1.807) is 6.07 Å². The summed E-state index contributed by atoms with van der Waals surface area (Å²) in [4.78, 5) is 12.0. The maximum Gasteiger partial charge on any atom is 0.261 e. The number of nitrogens with zero attached hydrogens (tertiary/aromatic N) is 1. The standard InChI is InChI=1S/C8H7BrN2OS/c9-6-4-7(13-5-6)8(12)11-3-1-2-10/h4-5H,1,3H2,(H,11,12). The molecule has 0 spiro atoms. The highest BCUT2D eigenvalue weighted by atomic mass is 79.9. The Morgan fingerprint density at radius 3 is 3.08 bits per heavy atom. The van der Waals surface area contributed by atoms with Crippen molar-refractivity contribution >= 4 is 33.2 Å². The number of carbonyl (C=O) groups is 1. The molecule has 0 bridgehead atoms. The summed E-state index contributed by atoms with van der Waals surface area (Å²) >= 11 is 4.63. The van der Waals surface area contributed by atoms with Crippen molar-refractivity contribution in [1.82, 2.24) is 5.32 Å². The van der Waals surface area contributed by atoms with E-state index >= 15 is 0 Å². The highest BCUT2D eigenvalue weighted by molar-refractivity contribution is 9.10. The maximum absolute atomic E-state index is 11.3. The molecular weight excluding hydrogens is 252 g/mol. The molecule has 1 aromatic heterocycles. The molecule has 1 amide bonds. The Kier molecular flexibility index (Phi) is 3.93. The molecular formula is C8H7BrN2OS. The minimum absolute atomic E-state index is 0.119. The molecule has 0 radical (unpaired) electrons. The molecule has 0 fully saturated rings. The Hall–Kier alpha value is -0.860. The quantitative estimate of drug-likeness (QED) is 0.845. The lowest BCUT2D eigenvalue weighted by Crippen LogP contribution is -2.23. The summed E-state index contributed by atoms with van der Waals surface area (Å²) in [6.07, 6.45) is 0.346. The second-order valence-electron chi connectivity index (χ2n) is 2.29. The summed E-state index contributed by atoms with van der Waals surface area (Å²) in [5, 5.41) is 12.7. The first-order valence-corrected chi connectivity index (χ1v) is 5.30. The summed E-state index contributed by atoms with van der Waals surface area (Å²) in [5.41, 5.74) is 0. The number of thiophene rings is 1. The second kappa shape index (κ2) is 5.00. The summed E-state index contributed by atoms with van der Waals surface area (Å²) in [7, 11) is 0. The zero-order valence-corrected chi connectivity index (χ0v) is 9.11. The molecule has 68 valence electrons. The average molecular weight is 259 g/mol. The van der Waals surface area contributed by atoms with Crippen LogP contribution in [0.5, 0.6) is 0 Å². The number of hydrogen-bond acceptors (Lipinski definition) is 3. The lowest BCUT2D eigenvalue weighted by molar-refractivity contribution is 0.0958. The topological polar surface area (TPSA) is 52.9 Å². The molecule has 5 heteroatoms. The smallest absolute Gasteiger partial charge is 0.261 e. The Bertz CT molecular complexity index is 342. The van der Waals surface area contributed by atoms with E-state index < -0.39 is 0 Å². The zero-order chi connectivity index (χ0) is 9.68. The van der Waals surface area contributed by atoms with E-state index in [-0.39, 0.29) is 5.91 Å². The van der Waals surface area contributed by atoms with Crippen molar-refractivity contribution in [1.29, 1.82) is 5.26 Å². The van der Waals surface area contributed by atoms with Gasteiger partial charge in [0, 0.05) is 16.4 Å². The van der Waals surface area contributed by atoms with Crippen LogP contribution in [0.1, 0.15) is 16.1 Å². The number of hydrogen-bond donors (Lipinski definition) is 1. The molecule has 1 rings (SSSR count). The zero-order valence-electron chi connectivity index (χ0n) is 6.71. The van der Waals surface area contributed by atoms with Gasteiger partial charge >= 0.3 is 0 Å². The molecule has 0 aliphatic rings. The van der Waals surface area contributed by atoms with Crippen molar-refractivity contribution in [2.45, 2.75) is 6.42 Å². The van der Waals surface area contributed by atoms with Gasteiger partial charge in [-0.2, -0.15) is 5.26 Å². The van der Waals surface area contributed by atoms with Crippen LogP contribution >= 0.6 is 27.3 Å². The van der Waals surface area contributed by atoms with E-state index in [2.05, 4.69) is 21.2 Å². The summed E-state index contributed by atoms with van der Waals surface area (Å²) in [5.74, 6) is -0.119. The maximum atomic E-state index is 11.3. The van der Waals surface area contributed by atoms with Crippen LogP contribution < -0.4 is 5.32 Å². The molecule has 0 aliphatic carbocycles. The highest BCUT2D eigenvalue weighted by Crippen LogP contribution is 2.19. The molecule has 1 N–H and O–H groups in total. The first-order valence-electron chi connectivity index (χ1n) is 3.63. The van der Waals surface area contributed by atoms with Crippen LogP contribution in [0.2, 0.25) is 0 Å². The Morgan fingerprint density at radius 2 is 2.54 bits per heavy atom. The van der Waals surface area contributed by atoms with Crippen LogP contribution in [0, 0.1) is 11.3 Å². The number of halogens is 1. The molecule has 0 saturated carbocycles. The first kappa shape index (κ1) is 10.2. The Morgan fingerprint density at radius 1 is 1.77 bits per heavy atom. The normalized spacial score (nSPS) is 9.23. The van der Waals surface area contributed by atoms with Crippen molar-refractivity contribution in [3.05, 3.63) is 20.8 Å². The molecule has 13 heavy (non-hydrogen) atoms. The van der Waals surface area contributed by atoms with Gasteiger partial charge in [-0.1, -0.05) is 0 Å². The van der Waals surface area contributed by atoms with Crippen LogP contribution in [-0.4, -0.2) is 12.5 Å². The summed E-state index contributed by atoms with van der Waals surface area (Å²) in [6.45, 7) is 0.408. The lowest BCUT2D eigenvalue weighted by Gasteiger charge is -1.97.